The van der Waals surface area contributed by atoms with Gasteiger partial charge in [-0.3, -0.25) is 0 Å². The lowest BCUT2D eigenvalue weighted by atomic mass is 10.0. The van der Waals surface area contributed by atoms with Gasteiger partial charge in [-0.25, -0.2) is 4.79 Å². The summed E-state index contributed by atoms with van der Waals surface area (Å²) >= 11 is 0. The Hall–Kier alpha value is -0.990. The van der Waals surface area contributed by atoms with Crippen LogP contribution in [0.1, 0.15) is 19.8 Å². The summed E-state index contributed by atoms with van der Waals surface area (Å²) in [4.78, 5) is 15.9. The number of nitrogens with zero attached hydrogens (tertiary/aromatic N) is 2. The van der Waals surface area contributed by atoms with Gasteiger partial charge in [0.15, 0.2) is 0 Å². The van der Waals surface area contributed by atoms with Crippen molar-refractivity contribution >= 4 is 6.03 Å². The first-order chi connectivity index (χ1) is 6.77. The zero-order valence-corrected chi connectivity index (χ0v) is 8.78. The standard InChI is InChI=1S/C11H18N2O/c1-10-5-4-8-13(9-10)11(14)12-6-2-3-7-12/h2-3,10H,4-9H2,1H3. The Bertz CT molecular complexity index is 242. The molecule has 14 heavy (non-hydrogen) atoms. The van der Waals surface area contributed by atoms with Crippen LogP contribution in [-0.2, 0) is 0 Å². The lowest BCUT2D eigenvalue weighted by Gasteiger charge is -2.33. The summed E-state index contributed by atoms with van der Waals surface area (Å²) in [6, 6.07) is 0.224. The van der Waals surface area contributed by atoms with E-state index in [0.29, 0.717) is 5.92 Å². The van der Waals surface area contributed by atoms with Gasteiger partial charge in [0.05, 0.1) is 0 Å². The first kappa shape index (κ1) is 9.56. The molecule has 78 valence electrons. The Kier molecular flexibility index (Phi) is 2.75. The molecule has 0 bridgehead atoms. The highest BCUT2D eigenvalue weighted by Gasteiger charge is 2.25. The monoisotopic (exact) mass is 194 g/mol. The second-order valence-corrected chi connectivity index (χ2v) is 4.35. The maximum absolute atomic E-state index is 12.0. The number of carbonyl (C=O) groups is 1. The smallest absolute Gasteiger partial charge is 0.320 e. The van der Waals surface area contributed by atoms with Crippen molar-refractivity contribution in [2.45, 2.75) is 19.8 Å². The fraction of sp³-hybridized carbons (Fsp3) is 0.727. The van der Waals surface area contributed by atoms with E-state index in [1.54, 1.807) is 0 Å². The minimum Gasteiger partial charge on any atom is -0.324 e. The highest BCUT2D eigenvalue weighted by atomic mass is 16.2. The van der Waals surface area contributed by atoms with Crippen LogP contribution < -0.4 is 0 Å². The molecule has 0 saturated carbocycles. The molecule has 2 amide bonds. The van der Waals surface area contributed by atoms with Crippen LogP contribution in [0, 0.1) is 5.92 Å². The van der Waals surface area contributed by atoms with E-state index >= 15 is 0 Å². The van der Waals surface area contributed by atoms with Crippen LogP contribution >= 0.6 is 0 Å². The van der Waals surface area contributed by atoms with Gasteiger partial charge in [0.2, 0.25) is 0 Å². The van der Waals surface area contributed by atoms with Crippen molar-refractivity contribution in [3.05, 3.63) is 12.2 Å². The fourth-order valence-corrected chi connectivity index (χ4v) is 2.20. The number of urea groups is 1. The number of piperidine rings is 1. The average Bonchev–Trinajstić information content (AvgIpc) is 2.69. The van der Waals surface area contributed by atoms with Gasteiger partial charge in [-0.1, -0.05) is 19.1 Å². The molecule has 2 heterocycles. The molecule has 0 aliphatic carbocycles. The van der Waals surface area contributed by atoms with Gasteiger partial charge < -0.3 is 9.80 Å². The molecule has 1 atom stereocenters. The minimum absolute atomic E-state index is 0.224. The summed E-state index contributed by atoms with van der Waals surface area (Å²) in [5, 5.41) is 0. The first-order valence-electron chi connectivity index (χ1n) is 5.46. The normalized spacial score (nSPS) is 27.1. The van der Waals surface area contributed by atoms with Gasteiger partial charge in [-0.05, 0) is 18.8 Å². The number of hydrogen-bond donors (Lipinski definition) is 0. The predicted octanol–water partition coefficient (Wildman–Crippen LogP) is 1.71. The van der Waals surface area contributed by atoms with Crippen molar-refractivity contribution in [1.82, 2.24) is 9.80 Å². The lowest BCUT2D eigenvalue weighted by Crippen LogP contribution is -2.46. The van der Waals surface area contributed by atoms with Crippen molar-refractivity contribution in [2.75, 3.05) is 26.2 Å². The molecule has 0 aromatic heterocycles. The van der Waals surface area contributed by atoms with Crippen LogP contribution in [0.5, 0.6) is 0 Å². The molecule has 3 heteroatoms. The molecular formula is C11H18N2O. The molecule has 2 aliphatic heterocycles. The summed E-state index contributed by atoms with van der Waals surface area (Å²) < 4.78 is 0. The maximum Gasteiger partial charge on any atom is 0.320 e. The summed E-state index contributed by atoms with van der Waals surface area (Å²) in [5.41, 5.74) is 0. The van der Waals surface area contributed by atoms with Gasteiger partial charge in [0, 0.05) is 26.2 Å². The minimum atomic E-state index is 0.224. The van der Waals surface area contributed by atoms with Crippen molar-refractivity contribution in [3.8, 4) is 0 Å². The molecule has 1 saturated heterocycles. The van der Waals surface area contributed by atoms with Crippen molar-refractivity contribution in [1.29, 1.82) is 0 Å². The van der Waals surface area contributed by atoms with E-state index in [1.165, 1.54) is 6.42 Å². The van der Waals surface area contributed by atoms with Crippen LogP contribution in [0.2, 0.25) is 0 Å². The molecule has 0 N–H and O–H groups in total. The molecule has 0 spiro atoms. The Morgan fingerprint density at radius 3 is 2.64 bits per heavy atom. The number of likely N-dealkylation sites (tertiary alicyclic amines) is 1. The number of rotatable bonds is 0. The Morgan fingerprint density at radius 1 is 1.29 bits per heavy atom. The van der Waals surface area contributed by atoms with Crippen LogP contribution in [0.4, 0.5) is 4.79 Å². The molecule has 3 nitrogen and oxygen atoms in total. The zero-order valence-electron chi connectivity index (χ0n) is 8.78. The summed E-state index contributed by atoms with van der Waals surface area (Å²) in [5.74, 6) is 0.670. The van der Waals surface area contributed by atoms with Crippen LogP contribution in [0.25, 0.3) is 0 Å². The van der Waals surface area contributed by atoms with Crippen molar-refractivity contribution < 1.29 is 4.79 Å². The fourth-order valence-electron chi connectivity index (χ4n) is 2.20. The molecular weight excluding hydrogens is 176 g/mol. The molecule has 2 aliphatic rings. The van der Waals surface area contributed by atoms with Crippen molar-refractivity contribution in [2.24, 2.45) is 5.92 Å². The third-order valence-electron chi connectivity index (χ3n) is 3.02. The largest absolute Gasteiger partial charge is 0.324 e. The second-order valence-electron chi connectivity index (χ2n) is 4.35. The van der Waals surface area contributed by atoms with Crippen LogP contribution in [0.15, 0.2) is 12.2 Å². The SMILES string of the molecule is CC1CCCN(C(=O)N2CC=CC2)C1. The summed E-state index contributed by atoms with van der Waals surface area (Å²) in [7, 11) is 0. The Balaban J connectivity index is 1.90. The molecule has 2 rings (SSSR count). The molecule has 1 unspecified atom stereocenters. The number of amides is 2. The predicted molar refractivity (Wildman–Crippen MR) is 56.1 cm³/mol. The van der Waals surface area contributed by atoms with Gasteiger partial charge in [-0.15, -0.1) is 0 Å². The maximum atomic E-state index is 12.0. The average molecular weight is 194 g/mol. The number of hydrogen-bond acceptors (Lipinski definition) is 1. The van der Waals surface area contributed by atoms with E-state index in [-0.39, 0.29) is 6.03 Å². The van der Waals surface area contributed by atoms with Gasteiger partial charge in [-0.2, -0.15) is 0 Å². The number of carbonyl (C=O) groups excluding carboxylic acids is 1. The lowest BCUT2D eigenvalue weighted by molar-refractivity contribution is 0.140. The van der Waals surface area contributed by atoms with E-state index in [2.05, 4.69) is 19.1 Å². The van der Waals surface area contributed by atoms with Crippen molar-refractivity contribution in [3.63, 3.8) is 0 Å². The second kappa shape index (κ2) is 4.03. The van der Waals surface area contributed by atoms with Gasteiger partial charge in [0.25, 0.3) is 0 Å². The zero-order chi connectivity index (χ0) is 9.97. The third-order valence-corrected chi connectivity index (χ3v) is 3.02. The summed E-state index contributed by atoms with van der Waals surface area (Å²) in [6.45, 7) is 5.70. The summed E-state index contributed by atoms with van der Waals surface area (Å²) in [6.07, 6.45) is 6.55. The highest BCUT2D eigenvalue weighted by Crippen LogP contribution is 2.17. The van der Waals surface area contributed by atoms with E-state index in [9.17, 15) is 4.79 Å². The molecule has 0 aromatic rings. The Morgan fingerprint density at radius 2 is 2.00 bits per heavy atom. The molecule has 0 aromatic carbocycles. The third kappa shape index (κ3) is 1.91. The van der Waals surface area contributed by atoms with E-state index < -0.39 is 0 Å². The van der Waals surface area contributed by atoms with Crippen LogP contribution in [0.3, 0.4) is 0 Å². The molecule has 0 radical (unpaired) electrons. The quantitative estimate of drug-likeness (QED) is 0.538. The van der Waals surface area contributed by atoms with Gasteiger partial charge in [0.1, 0.15) is 0 Å². The van der Waals surface area contributed by atoms with Gasteiger partial charge >= 0.3 is 6.03 Å². The van der Waals surface area contributed by atoms with Crippen LogP contribution in [-0.4, -0.2) is 42.0 Å². The topological polar surface area (TPSA) is 23.6 Å². The Labute approximate surface area is 85.4 Å². The van der Waals surface area contributed by atoms with E-state index in [0.717, 1.165) is 32.6 Å². The highest BCUT2D eigenvalue weighted by molar-refractivity contribution is 5.75. The molecule has 1 fully saturated rings. The van der Waals surface area contributed by atoms with E-state index in [4.69, 9.17) is 0 Å². The first-order valence-corrected chi connectivity index (χ1v) is 5.46. The van der Waals surface area contributed by atoms with E-state index in [1.807, 2.05) is 9.80 Å².